The van der Waals surface area contributed by atoms with E-state index in [4.69, 9.17) is 0 Å². The lowest BCUT2D eigenvalue weighted by Crippen LogP contribution is -2.45. The third-order valence-electron chi connectivity index (χ3n) is 18.8. The third-order valence-corrected chi connectivity index (χ3v) is 18.8. The van der Waals surface area contributed by atoms with Crippen LogP contribution in [-0.2, 0) is 4.79 Å². The first-order valence-corrected chi connectivity index (χ1v) is 39.9. The van der Waals surface area contributed by atoms with E-state index in [2.05, 4.69) is 55.6 Å². The number of nitrogens with one attached hydrogen (secondary N) is 1. The third kappa shape index (κ3) is 73.1. The van der Waals surface area contributed by atoms with Crippen molar-refractivity contribution in [3.8, 4) is 0 Å². The summed E-state index contributed by atoms with van der Waals surface area (Å²) in [5.41, 5.74) is 0. The van der Waals surface area contributed by atoms with Gasteiger partial charge in [0.05, 0.1) is 18.8 Å². The molecule has 86 heavy (non-hydrogen) atoms. The van der Waals surface area contributed by atoms with Gasteiger partial charge in [0, 0.05) is 6.42 Å². The number of aliphatic hydroxyl groups excluding tert-OH is 2. The molecule has 0 radical (unpaired) electrons. The highest BCUT2D eigenvalue weighted by molar-refractivity contribution is 5.76. The number of allylic oxidation sites excluding steroid dienone is 7. The lowest BCUT2D eigenvalue weighted by molar-refractivity contribution is -0.123. The fourth-order valence-electron chi connectivity index (χ4n) is 12.8. The molecule has 2 unspecified atom stereocenters. The van der Waals surface area contributed by atoms with E-state index in [1.165, 1.54) is 392 Å². The number of unbranched alkanes of at least 4 members (excludes halogenated alkanes) is 62. The minimum atomic E-state index is -0.840. The van der Waals surface area contributed by atoms with Crippen molar-refractivity contribution in [1.82, 2.24) is 5.32 Å². The molecule has 4 heteroatoms. The van der Waals surface area contributed by atoms with E-state index < -0.39 is 12.1 Å². The van der Waals surface area contributed by atoms with Crippen LogP contribution < -0.4 is 5.32 Å². The Morgan fingerprint density at radius 2 is 0.477 bits per heavy atom. The molecule has 0 saturated heterocycles. The van der Waals surface area contributed by atoms with Crippen molar-refractivity contribution in [2.45, 2.75) is 463 Å². The van der Waals surface area contributed by atoms with Gasteiger partial charge in [-0.05, 0) is 57.8 Å². The summed E-state index contributed by atoms with van der Waals surface area (Å²) in [6.45, 7) is 4.35. The van der Waals surface area contributed by atoms with Crippen molar-refractivity contribution in [3.63, 3.8) is 0 Å². The smallest absolute Gasteiger partial charge is 0.220 e. The summed E-state index contributed by atoms with van der Waals surface area (Å²) in [5, 5.41) is 23.4. The number of rotatable bonds is 75. The first-order chi connectivity index (χ1) is 42.7. The molecule has 0 saturated carbocycles. The Kier molecular flexibility index (Phi) is 76.1. The zero-order valence-electron chi connectivity index (χ0n) is 58.9. The molecule has 0 aromatic carbocycles. The maximum atomic E-state index is 12.6. The molecular formula is C82H157NO3. The van der Waals surface area contributed by atoms with Gasteiger partial charge in [-0.15, -0.1) is 0 Å². The Bertz CT molecular complexity index is 1370. The number of amides is 1. The Balaban J connectivity index is 3.39. The van der Waals surface area contributed by atoms with Gasteiger partial charge in [-0.2, -0.15) is 0 Å². The van der Waals surface area contributed by atoms with Gasteiger partial charge in [-0.25, -0.2) is 0 Å². The van der Waals surface area contributed by atoms with Crippen LogP contribution in [0.4, 0.5) is 0 Å². The molecule has 508 valence electrons. The molecule has 3 N–H and O–H groups in total. The van der Waals surface area contributed by atoms with E-state index in [1.807, 2.05) is 6.08 Å². The number of aliphatic hydroxyl groups is 2. The molecule has 0 fully saturated rings. The molecule has 0 heterocycles. The predicted octanol–water partition coefficient (Wildman–Crippen LogP) is 27.6. The summed E-state index contributed by atoms with van der Waals surface area (Å²) in [4.78, 5) is 12.6. The summed E-state index contributed by atoms with van der Waals surface area (Å²) < 4.78 is 0. The van der Waals surface area contributed by atoms with Crippen LogP contribution in [0.15, 0.2) is 48.6 Å². The van der Waals surface area contributed by atoms with E-state index in [0.29, 0.717) is 6.42 Å². The zero-order valence-corrected chi connectivity index (χ0v) is 58.9. The molecule has 2 atom stereocenters. The largest absolute Gasteiger partial charge is 0.394 e. The molecule has 0 aliphatic rings. The fourth-order valence-corrected chi connectivity index (χ4v) is 12.8. The number of hydrogen-bond donors (Lipinski definition) is 3. The van der Waals surface area contributed by atoms with Crippen LogP contribution in [0, 0.1) is 0 Å². The summed E-state index contributed by atoms with van der Waals surface area (Å²) in [5.74, 6) is -0.0542. The van der Waals surface area contributed by atoms with Crippen LogP contribution in [-0.4, -0.2) is 34.9 Å². The average molecular weight is 1210 g/mol. The highest BCUT2D eigenvalue weighted by Gasteiger charge is 2.18. The molecule has 4 nitrogen and oxygen atoms in total. The Hall–Kier alpha value is -1.65. The molecular weight excluding hydrogens is 1050 g/mol. The van der Waals surface area contributed by atoms with Crippen molar-refractivity contribution < 1.29 is 15.0 Å². The summed E-state index contributed by atoms with van der Waals surface area (Å²) in [7, 11) is 0. The molecule has 0 aromatic rings. The second-order valence-corrected chi connectivity index (χ2v) is 27.5. The number of hydrogen-bond acceptors (Lipinski definition) is 3. The van der Waals surface area contributed by atoms with Gasteiger partial charge in [0.2, 0.25) is 5.91 Å². The standard InChI is InChI=1S/C82H157NO3/c1-3-5-7-9-11-13-15-17-19-21-23-25-27-29-31-33-35-37-38-39-40-41-42-43-44-46-48-50-52-54-56-58-60-62-64-66-68-70-72-74-76-78-82(86)83-80(79-84)81(85)77-75-73-71-69-67-65-63-61-59-57-55-53-51-49-47-45-36-34-32-30-28-26-24-22-20-18-16-14-12-10-8-6-4-2/h15,17,21,23,27,29,75,77,80-81,84-85H,3-14,16,18-20,22,24-26,28,30-74,76,78-79H2,1-2H3,(H,83,86)/b17-15-,23-21-,29-27-,77-75+. The molecule has 0 aliphatic carbocycles. The van der Waals surface area contributed by atoms with E-state index in [9.17, 15) is 15.0 Å². The summed E-state index contributed by atoms with van der Waals surface area (Å²) in [6, 6.07) is -0.623. The number of carbonyl (C=O) groups excluding carboxylic acids is 1. The van der Waals surface area contributed by atoms with E-state index in [0.717, 1.165) is 38.5 Å². The maximum absolute atomic E-state index is 12.6. The minimum absolute atomic E-state index is 0.0542. The van der Waals surface area contributed by atoms with Crippen molar-refractivity contribution in [3.05, 3.63) is 48.6 Å². The molecule has 0 aliphatic heterocycles. The average Bonchev–Trinajstić information content (AvgIpc) is 3.59. The Morgan fingerprint density at radius 1 is 0.279 bits per heavy atom. The van der Waals surface area contributed by atoms with Crippen LogP contribution >= 0.6 is 0 Å². The first-order valence-electron chi connectivity index (χ1n) is 39.9. The van der Waals surface area contributed by atoms with Gasteiger partial charge < -0.3 is 15.5 Å². The lowest BCUT2D eigenvalue weighted by Gasteiger charge is -2.20. The van der Waals surface area contributed by atoms with Crippen LogP contribution in [0.3, 0.4) is 0 Å². The molecule has 0 rings (SSSR count). The maximum Gasteiger partial charge on any atom is 0.220 e. The van der Waals surface area contributed by atoms with Crippen molar-refractivity contribution in [1.29, 1.82) is 0 Å². The Morgan fingerprint density at radius 3 is 0.709 bits per heavy atom. The quantitative estimate of drug-likeness (QED) is 0.0420. The van der Waals surface area contributed by atoms with Gasteiger partial charge in [0.1, 0.15) is 0 Å². The molecule has 1 amide bonds. The molecule has 0 bridgehead atoms. The van der Waals surface area contributed by atoms with Crippen molar-refractivity contribution >= 4 is 5.91 Å². The molecule has 0 aromatic heterocycles. The van der Waals surface area contributed by atoms with Crippen molar-refractivity contribution in [2.75, 3.05) is 6.61 Å². The van der Waals surface area contributed by atoms with Crippen LogP contribution in [0.25, 0.3) is 0 Å². The first kappa shape index (κ1) is 84.3. The van der Waals surface area contributed by atoms with Gasteiger partial charge in [0.15, 0.2) is 0 Å². The van der Waals surface area contributed by atoms with E-state index in [-0.39, 0.29) is 12.5 Å². The summed E-state index contributed by atoms with van der Waals surface area (Å²) in [6.07, 6.45) is 110. The highest BCUT2D eigenvalue weighted by atomic mass is 16.3. The van der Waals surface area contributed by atoms with Gasteiger partial charge in [0.25, 0.3) is 0 Å². The normalized spacial score (nSPS) is 12.8. The van der Waals surface area contributed by atoms with E-state index >= 15 is 0 Å². The van der Waals surface area contributed by atoms with Crippen LogP contribution in [0.1, 0.15) is 450 Å². The SMILES string of the molecule is CCCCCCC/C=C\C/C=C\C/C=C\CCCCCCCCCCCCCCCCCCCCCCCCCCCCC(=O)NC(CO)C(O)/C=C/CCCCCCCCCCCCCCCCCCCCCCCCCCCCCCCCC. The lowest BCUT2D eigenvalue weighted by atomic mass is 10.0. The number of carbonyl (C=O) groups is 1. The van der Waals surface area contributed by atoms with Gasteiger partial charge >= 0.3 is 0 Å². The topological polar surface area (TPSA) is 69.6 Å². The van der Waals surface area contributed by atoms with Crippen LogP contribution in [0.2, 0.25) is 0 Å². The highest BCUT2D eigenvalue weighted by Crippen LogP contribution is 2.20. The summed E-state index contributed by atoms with van der Waals surface area (Å²) >= 11 is 0. The second-order valence-electron chi connectivity index (χ2n) is 27.5. The second kappa shape index (κ2) is 77.6. The zero-order chi connectivity index (χ0) is 61.9. The molecule has 0 spiro atoms. The van der Waals surface area contributed by atoms with Crippen LogP contribution in [0.5, 0.6) is 0 Å². The van der Waals surface area contributed by atoms with E-state index in [1.54, 1.807) is 6.08 Å². The predicted molar refractivity (Wildman–Crippen MR) is 387 cm³/mol. The van der Waals surface area contributed by atoms with Crippen molar-refractivity contribution in [2.24, 2.45) is 0 Å². The van der Waals surface area contributed by atoms with Gasteiger partial charge in [-0.3, -0.25) is 4.79 Å². The fraction of sp³-hybridized carbons (Fsp3) is 0.890. The van der Waals surface area contributed by atoms with Gasteiger partial charge in [-0.1, -0.05) is 435 Å². The Labute approximate surface area is 541 Å². The monoisotopic (exact) mass is 1200 g/mol. The minimum Gasteiger partial charge on any atom is -0.394 e.